The zero-order valence-electron chi connectivity index (χ0n) is 12.1. The van der Waals surface area contributed by atoms with E-state index in [0.717, 1.165) is 42.3 Å². The van der Waals surface area contributed by atoms with Crippen LogP contribution in [0.25, 0.3) is 0 Å². The molecule has 1 aliphatic heterocycles. The van der Waals surface area contributed by atoms with E-state index in [1.807, 2.05) is 29.7 Å². The number of thioether (sulfide) groups is 1. The number of carbonyl (C=O) groups excluding carboxylic acids is 1. The van der Waals surface area contributed by atoms with Gasteiger partial charge in [0, 0.05) is 31.1 Å². The van der Waals surface area contributed by atoms with Gasteiger partial charge in [0.25, 0.3) is 0 Å². The van der Waals surface area contributed by atoms with Crippen molar-refractivity contribution in [2.75, 3.05) is 38.2 Å². The van der Waals surface area contributed by atoms with E-state index in [1.165, 1.54) is 5.56 Å². The molecule has 4 nitrogen and oxygen atoms in total. The van der Waals surface area contributed by atoms with Gasteiger partial charge in [0.1, 0.15) is 5.75 Å². The number of urea groups is 1. The van der Waals surface area contributed by atoms with Gasteiger partial charge in [0.15, 0.2) is 0 Å². The first kappa shape index (κ1) is 15.0. The molecule has 110 valence electrons. The second-order valence-corrected chi connectivity index (χ2v) is 6.11. The second kappa shape index (κ2) is 7.43. The van der Waals surface area contributed by atoms with Crippen LogP contribution in [0.2, 0.25) is 0 Å². The Labute approximate surface area is 124 Å². The first-order valence-corrected chi connectivity index (χ1v) is 8.10. The fourth-order valence-electron chi connectivity index (χ4n) is 2.21. The Morgan fingerprint density at radius 1 is 1.40 bits per heavy atom. The Balaban J connectivity index is 1.79. The van der Waals surface area contributed by atoms with Crippen LogP contribution >= 0.6 is 11.8 Å². The minimum atomic E-state index is 0.0596. The number of rotatable bonds is 4. The van der Waals surface area contributed by atoms with Crippen molar-refractivity contribution in [1.82, 2.24) is 10.2 Å². The van der Waals surface area contributed by atoms with Crippen molar-refractivity contribution in [2.45, 2.75) is 13.3 Å². The lowest BCUT2D eigenvalue weighted by molar-refractivity contribution is 0.203. The van der Waals surface area contributed by atoms with E-state index in [9.17, 15) is 4.79 Å². The molecule has 0 aromatic heterocycles. The predicted molar refractivity (Wildman–Crippen MR) is 83.7 cm³/mol. The number of amides is 2. The molecule has 1 aromatic rings. The number of nitrogens with zero attached hydrogens (tertiary/aromatic N) is 1. The highest BCUT2D eigenvalue weighted by atomic mass is 32.2. The van der Waals surface area contributed by atoms with E-state index >= 15 is 0 Å². The summed E-state index contributed by atoms with van der Waals surface area (Å²) in [5, 5.41) is 2.99. The van der Waals surface area contributed by atoms with Crippen LogP contribution in [0.5, 0.6) is 5.75 Å². The number of hydrogen-bond acceptors (Lipinski definition) is 3. The smallest absolute Gasteiger partial charge is 0.317 e. The van der Waals surface area contributed by atoms with Crippen molar-refractivity contribution in [2.24, 2.45) is 0 Å². The molecular weight excluding hydrogens is 272 g/mol. The van der Waals surface area contributed by atoms with Crippen molar-refractivity contribution in [3.8, 4) is 5.75 Å². The van der Waals surface area contributed by atoms with Crippen LogP contribution in [0.4, 0.5) is 4.79 Å². The predicted octanol–water partition coefficient (Wildman–Crippen LogP) is 2.30. The van der Waals surface area contributed by atoms with Gasteiger partial charge in [-0.05, 0) is 30.5 Å². The second-order valence-electron chi connectivity index (χ2n) is 4.89. The van der Waals surface area contributed by atoms with Gasteiger partial charge in [-0.15, -0.1) is 0 Å². The first-order valence-electron chi connectivity index (χ1n) is 6.95. The fourth-order valence-corrected chi connectivity index (χ4v) is 3.12. The molecule has 1 aromatic carbocycles. The molecule has 2 rings (SSSR count). The number of carbonyl (C=O) groups is 1. The maximum atomic E-state index is 11.9. The van der Waals surface area contributed by atoms with E-state index in [4.69, 9.17) is 4.74 Å². The topological polar surface area (TPSA) is 41.6 Å². The van der Waals surface area contributed by atoms with E-state index in [2.05, 4.69) is 17.4 Å². The average molecular weight is 294 g/mol. The summed E-state index contributed by atoms with van der Waals surface area (Å²) in [5.74, 6) is 2.99. The molecule has 0 spiro atoms. The summed E-state index contributed by atoms with van der Waals surface area (Å²) in [7, 11) is 1.68. The van der Waals surface area contributed by atoms with Gasteiger partial charge in [-0.25, -0.2) is 4.79 Å². The van der Waals surface area contributed by atoms with Gasteiger partial charge in [-0.3, -0.25) is 0 Å². The summed E-state index contributed by atoms with van der Waals surface area (Å²) >= 11 is 1.91. The van der Waals surface area contributed by atoms with Gasteiger partial charge < -0.3 is 15.0 Å². The number of aryl methyl sites for hydroxylation is 1. The number of benzene rings is 1. The fraction of sp³-hybridized carbons (Fsp3) is 0.533. The largest absolute Gasteiger partial charge is 0.496 e. The highest BCUT2D eigenvalue weighted by Crippen LogP contribution is 2.19. The summed E-state index contributed by atoms with van der Waals surface area (Å²) in [6.45, 7) is 4.40. The molecule has 0 unspecified atom stereocenters. The van der Waals surface area contributed by atoms with Crippen molar-refractivity contribution >= 4 is 17.8 Å². The average Bonchev–Trinajstić information content (AvgIpc) is 2.49. The number of hydrogen-bond donors (Lipinski definition) is 1. The third-order valence-corrected chi connectivity index (χ3v) is 4.40. The maximum absolute atomic E-state index is 11.9. The first-order chi connectivity index (χ1) is 9.70. The van der Waals surface area contributed by atoms with Gasteiger partial charge in [0.2, 0.25) is 0 Å². The van der Waals surface area contributed by atoms with E-state index in [1.54, 1.807) is 7.11 Å². The minimum absolute atomic E-state index is 0.0596. The monoisotopic (exact) mass is 294 g/mol. The van der Waals surface area contributed by atoms with Crippen LogP contribution in [0.1, 0.15) is 11.1 Å². The zero-order valence-corrected chi connectivity index (χ0v) is 13.0. The summed E-state index contributed by atoms with van der Waals surface area (Å²) in [6, 6.07) is 6.24. The van der Waals surface area contributed by atoms with Gasteiger partial charge in [-0.2, -0.15) is 11.8 Å². The van der Waals surface area contributed by atoms with Crippen LogP contribution in [0.15, 0.2) is 18.2 Å². The molecule has 0 bridgehead atoms. The Morgan fingerprint density at radius 2 is 2.15 bits per heavy atom. The highest BCUT2D eigenvalue weighted by molar-refractivity contribution is 7.99. The lowest BCUT2D eigenvalue weighted by atomic mass is 10.1. The summed E-state index contributed by atoms with van der Waals surface area (Å²) in [5.41, 5.74) is 2.31. The normalized spacial score (nSPS) is 15.0. The lowest BCUT2D eigenvalue weighted by Gasteiger charge is -2.26. The van der Waals surface area contributed by atoms with E-state index < -0.39 is 0 Å². The van der Waals surface area contributed by atoms with Crippen LogP contribution in [0.3, 0.4) is 0 Å². The Morgan fingerprint density at radius 3 is 2.85 bits per heavy atom. The molecule has 1 fully saturated rings. The highest BCUT2D eigenvalue weighted by Gasteiger charge is 2.15. The van der Waals surface area contributed by atoms with Crippen LogP contribution < -0.4 is 10.1 Å². The van der Waals surface area contributed by atoms with E-state index in [0.29, 0.717) is 6.54 Å². The Hall–Kier alpha value is -1.36. The number of methoxy groups -OCH3 is 1. The standard InChI is InChI=1S/C15H22N2O2S/c1-12-3-4-13(11-14(12)19-2)5-6-16-15(18)17-7-9-20-10-8-17/h3-4,11H,5-10H2,1-2H3,(H,16,18). The van der Waals surface area contributed by atoms with Crippen LogP contribution in [-0.2, 0) is 6.42 Å². The van der Waals surface area contributed by atoms with Gasteiger partial charge in [-0.1, -0.05) is 12.1 Å². The Kier molecular flexibility index (Phi) is 5.59. The molecule has 1 saturated heterocycles. The third-order valence-electron chi connectivity index (χ3n) is 3.46. The molecule has 1 aliphatic rings. The van der Waals surface area contributed by atoms with Crippen LogP contribution in [0, 0.1) is 6.92 Å². The quantitative estimate of drug-likeness (QED) is 0.926. The molecule has 20 heavy (non-hydrogen) atoms. The van der Waals surface area contributed by atoms with E-state index in [-0.39, 0.29) is 6.03 Å². The molecule has 2 amide bonds. The summed E-state index contributed by atoms with van der Waals surface area (Å²) in [4.78, 5) is 13.8. The molecule has 0 saturated carbocycles. The molecule has 0 aliphatic carbocycles. The molecule has 1 N–H and O–H groups in total. The molecule has 0 atom stereocenters. The van der Waals surface area contributed by atoms with Gasteiger partial charge in [0.05, 0.1) is 7.11 Å². The SMILES string of the molecule is COc1cc(CCNC(=O)N2CCSCC2)ccc1C. The van der Waals surface area contributed by atoms with Crippen molar-refractivity contribution < 1.29 is 9.53 Å². The Bertz CT molecular complexity index is 459. The number of nitrogens with one attached hydrogen (secondary N) is 1. The minimum Gasteiger partial charge on any atom is -0.496 e. The van der Waals surface area contributed by atoms with Crippen molar-refractivity contribution in [3.63, 3.8) is 0 Å². The summed E-state index contributed by atoms with van der Waals surface area (Å²) < 4.78 is 5.31. The third kappa shape index (κ3) is 4.07. The van der Waals surface area contributed by atoms with Gasteiger partial charge >= 0.3 is 6.03 Å². The van der Waals surface area contributed by atoms with Crippen molar-refractivity contribution in [1.29, 1.82) is 0 Å². The molecule has 0 radical (unpaired) electrons. The molecule has 5 heteroatoms. The van der Waals surface area contributed by atoms with Crippen molar-refractivity contribution in [3.05, 3.63) is 29.3 Å². The summed E-state index contributed by atoms with van der Waals surface area (Å²) in [6.07, 6.45) is 0.824. The lowest BCUT2D eigenvalue weighted by Crippen LogP contribution is -2.44. The molecular formula is C15H22N2O2S. The molecule has 1 heterocycles. The maximum Gasteiger partial charge on any atom is 0.317 e. The zero-order chi connectivity index (χ0) is 14.4. The van der Waals surface area contributed by atoms with Crippen LogP contribution in [-0.4, -0.2) is 49.2 Å². The number of ether oxygens (including phenoxy) is 1.